The summed E-state index contributed by atoms with van der Waals surface area (Å²) in [5.41, 5.74) is 5.30. The Hall–Kier alpha value is 0.330. The number of nitrogens with one attached hydrogen (secondary N) is 3. The number of amides is 3. The molecule has 0 fully saturated rings. The number of carbonyl (C=O) groups excluding carboxylic acids is 5. The molecule has 37 heteroatoms. The second kappa shape index (κ2) is 120. The number of unbranched alkanes of at least 4 members (excludes halogenated alkanes) is 45. The van der Waals surface area contributed by atoms with Crippen LogP contribution in [0, 0.1) is 0 Å². The van der Waals surface area contributed by atoms with Crippen LogP contribution in [0.2, 0.25) is 0 Å². The summed E-state index contributed by atoms with van der Waals surface area (Å²) in [6.45, 7) is 7.90. The van der Waals surface area contributed by atoms with E-state index in [1.807, 2.05) is 0 Å². The first-order chi connectivity index (χ1) is 53.0. The largest absolute Gasteiger partial charge is 0.472 e. The number of nitrogens with two attached hydrogens (primary N) is 1. The van der Waals surface area contributed by atoms with E-state index in [0.717, 1.165) is 137 Å². The van der Waals surface area contributed by atoms with Crippen LogP contribution in [0.25, 0.3) is 0 Å². The number of hydrogen-bond donors (Lipinski definition) is 8. The monoisotopic (exact) mass is 1980 g/mol. The van der Waals surface area contributed by atoms with Crippen molar-refractivity contribution in [1.82, 2.24) is 16.0 Å². The Morgan fingerprint density at radius 2 is 0.512 bits per heavy atom. The van der Waals surface area contributed by atoms with E-state index < -0.39 is 55.9 Å². The van der Waals surface area contributed by atoms with Crippen LogP contribution >= 0.6 is 90.7 Å². The van der Waals surface area contributed by atoms with Crippen molar-refractivity contribution in [2.45, 2.75) is 445 Å². The van der Waals surface area contributed by atoms with Gasteiger partial charge in [-0.3, -0.25) is 60.2 Å². The van der Waals surface area contributed by atoms with Crippen molar-refractivity contribution in [3.05, 3.63) is 0 Å². The average molecular weight is 1980 g/mol. The third-order valence-electron chi connectivity index (χ3n) is 18.5. The minimum Gasteiger partial charge on any atom is -0.462 e. The maximum absolute atomic E-state index is 12.8. The summed E-state index contributed by atoms with van der Waals surface area (Å²) in [6, 6.07) is 0. The predicted octanol–water partition coefficient (Wildman–Crippen LogP) is 25.2. The smallest absolute Gasteiger partial charge is 0.462 e. The molecule has 11 unspecified atom stereocenters. The third-order valence-corrected chi connectivity index (χ3v) is 22.4. The molecule has 0 bridgehead atoms. The minimum atomic E-state index is -4.63. The van der Waals surface area contributed by atoms with Gasteiger partial charge in [0.15, 0.2) is 6.10 Å². The lowest BCUT2D eigenvalue weighted by Crippen LogP contribution is -2.30. The Morgan fingerprint density at radius 3 is 0.805 bits per heavy atom. The summed E-state index contributed by atoms with van der Waals surface area (Å²) in [4.78, 5) is 99.0. The van der Waals surface area contributed by atoms with Crippen LogP contribution in [0.15, 0.2) is 0 Å². The van der Waals surface area contributed by atoms with E-state index in [-0.39, 0.29) is 194 Å². The normalized spacial score (nSPS) is 12.3. The molecule has 0 radical (unpaired) electrons. The maximum Gasteiger partial charge on any atom is 0.472 e. The SMILES string of the molecule is C.C.C.C.C.C.C.CCCCCCCCCCCCCCCC(=O)NCCCCCCOP(=O)(O)OC.CCCCCCCCCCCCCCCC(=O)OCC(COP(=O)(O)OCCNC(=O)CCCC(=O)NCCCCCCOP(=O)(O)OC)OC(=O)CCCCCCCCCCCCCCC.COP(=O)(O)OCCCCCCN.P.P.P.P.P.P. The van der Waals surface area contributed by atoms with E-state index in [4.69, 9.17) is 43.1 Å². The van der Waals surface area contributed by atoms with Crippen LogP contribution in [-0.2, 0) is 87.9 Å². The highest BCUT2D eigenvalue weighted by Crippen LogP contribution is 2.44. The molecule has 0 heterocycles. The summed E-state index contributed by atoms with van der Waals surface area (Å²) in [5, 5.41) is 8.35. The zero-order valence-corrected chi connectivity index (χ0v) is 86.2. The Kier molecular flexibility index (Phi) is 157. The summed E-state index contributed by atoms with van der Waals surface area (Å²) in [6.07, 6.45) is 58.5. The predicted molar refractivity (Wildman–Crippen MR) is 553 cm³/mol. The first kappa shape index (κ1) is 160. The fraction of sp³-hybridized carbons (Fsp3) is 0.942. The molecular weight excluding hydrogens is 1770 g/mol. The molecule has 760 valence electrons. The summed E-state index contributed by atoms with van der Waals surface area (Å²) in [5.74, 6) is -1.32. The Morgan fingerprint density at radius 1 is 0.276 bits per heavy atom. The molecule has 27 nitrogen and oxygen atoms in total. The molecule has 123 heavy (non-hydrogen) atoms. The van der Waals surface area contributed by atoms with E-state index >= 15 is 0 Å². The van der Waals surface area contributed by atoms with Crippen LogP contribution < -0.4 is 21.7 Å². The molecule has 0 aliphatic carbocycles. The van der Waals surface area contributed by atoms with Crippen molar-refractivity contribution < 1.29 is 107 Å². The van der Waals surface area contributed by atoms with Crippen LogP contribution in [0.5, 0.6) is 0 Å². The van der Waals surface area contributed by atoms with E-state index in [9.17, 15) is 52.0 Å². The van der Waals surface area contributed by atoms with Crippen molar-refractivity contribution in [3.63, 3.8) is 0 Å². The molecule has 0 aromatic rings. The standard InChI is InChI=1S/C49H96N2O14P2.C23H48NO5P.C7H18NO4P.7CH4.6H3P/c1-4-6-8-10-12-14-16-18-20-22-24-26-30-37-48(54)61-43-45(65-49(55)38-31-27-25-23-21-19-17-15-13-11-9-7-5-2)44-64-67(58,59)63-42-40-51-47(53)36-34-35-46(52)50-39-32-28-29-33-41-62-66(56,57)60-3;1-3-4-5-6-7-8-9-10-11-12-13-14-17-20-23(25)24-21-18-15-16-19-22-29-30(26,27)28-2;1-11-13(9,10)12-7-5-3-2-4-6-8;;;;;;;;;;;;;/h45H,4-44H2,1-3H3,(H,50,52)(H,51,53)(H,56,57)(H,58,59);3-22H2,1-2H3,(H,24,25)(H,26,27);2-8H2,1H3,(H,9,10);7*1H4;6*1H3. The van der Waals surface area contributed by atoms with Gasteiger partial charge in [0.05, 0.1) is 33.0 Å². The Bertz CT molecular complexity index is 2330. The van der Waals surface area contributed by atoms with Gasteiger partial charge in [0.1, 0.15) is 6.61 Å². The number of rotatable bonds is 82. The molecule has 0 aliphatic rings. The number of phosphoric ester groups is 4. The van der Waals surface area contributed by atoms with Gasteiger partial charge in [-0.1, -0.05) is 342 Å². The van der Waals surface area contributed by atoms with E-state index in [1.165, 1.54) is 186 Å². The number of phosphoric acid groups is 4. The van der Waals surface area contributed by atoms with Gasteiger partial charge >= 0.3 is 43.2 Å². The topological polar surface area (TPSA) is 389 Å². The fourth-order valence-corrected chi connectivity index (χ4v) is 13.8. The molecule has 0 saturated carbocycles. The molecule has 0 saturated heterocycles. The van der Waals surface area contributed by atoms with Gasteiger partial charge in [0, 0.05) is 73.1 Å². The molecule has 0 rings (SSSR count). The van der Waals surface area contributed by atoms with Crippen molar-refractivity contribution in [2.24, 2.45) is 5.73 Å². The zero-order chi connectivity index (χ0) is 82.0. The number of hydrogen-bond acceptors (Lipinski definition) is 20. The van der Waals surface area contributed by atoms with Gasteiger partial charge in [-0.2, -0.15) is 59.4 Å². The molecular formula is C86H208N4O23P10. The summed E-state index contributed by atoms with van der Waals surface area (Å²) >= 11 is 0. The van der Waals surface area contributed by atoms with E-state index in [2.05, 4.69) is 54.8 Å². The lowest BCUT2D eigenvalue weighted by atomic mass is 10.0. The summed E-state index contributed by atoms with van der Waals surface area (Å²) in [7, 11) is -12.8. The minimum absolute atomic E-state index is 0. The van der Waals surface area contributed by atoms with Gasteiger partial charge in [0.25, 0.3) is 0 Å². The van der Waals surface area contributed by atoms with Crippen molar-refractivity contribution in [1.29, 1.82) is 0 Å². The van der Waals surface area contributed by atoms with Gasteiger partial charge in [0.2, 0.25) is 17.7 Å². The second-order valence-electron chi connectivity index (χ2n) is 28.8. The van der Waals surface area contributed by atoms with E-state index in [1.54, 1.807) is 0 Å². The number of ether oxygens (including phenoxy) is 2. The van der Waals surface area contributed by atoms with Crippen LogP contribution in [0.4, 0.5) is 0 Å². The van der Waals surface area contributed by atoms with Crippen molar-refractivity contribution in [2.75, 3.05) is 87.1 Å². The van der Waals surface area contributed by atoms with Crippen LogP contribution in [0.3, 0.4) is 0 Å². The molecule has 0 spiro atoms. The van der Waals surface area contributed by atoms with Crippen molar-refractivity contribution in [3.8, 4) is 0 Å². The van der Waals surface area contributed by atoms with Gasteiger partial charge in [-0.05, 0) is 70.8 Å². The Balaban J connectivity index is -0.000000122. The average Bonchev–Trinajstić information content (AvgIpc) is 0.902. The first-order valence-electron chi connectivity index (χ1n) is 43.0. The summed E-state index contributed by atoms with van der Waals surface area (Å²) < 4.78 is 94.0. The van der Waals surface area contributed by atoms with Gasteiger partial charge < -0.3 is 50.7 Å². The molecule has 9 N–H and O–H groups in total. The lowest BCUT2D eigenvalue weighted by molar-refractivity contribution is -0.161. The third kappa shape index (κ3) is 131. The van der Waals surface area contributed by atoms with E-state index in [0.29, 0.717) is 58.2 Å². The first-order valence-corrected chi connectivity index (χ1v) is 49.0. The van der Waals surface area contributed by atoms with Crippen LogP contribution in [-0.4, -0.2) is 142 Å². The molecule has 0 aromatic carbocycles. The van der Waals surface area contributed by atoms with Crippen molar-refractivity contribution >= 4 is 120 Å². The molecule has 0 aromatic heterocycles. The maximum atomic E-state index is 12.8. The molecule has 11 atom stereocenters. The zero-order valence-electron chi connectivity index (χ0n) is 74.1. The number of esters is 2. The fourth-order valence-electron chi connectivity index (χ4n) is 11.7. The highest BCUT2D eigenvalue weighted by Gasteiger charge is 2.27. The Labute approximate surface area is 777 Å². The molecule has 0 aliphatic heterocycles. The number of carbonyl (C=O) groups is 5. The highest BCUT2D eigenvalue weighted by molar-refractivity contribution is 7.48. The second-order valence-corrected chi connectivity index (χ2v) is 34.9. The van der Waals surface area contributed by atoms with Crippen LogP contribution in [0.1, 0.15) is 439 Å². The molecule has 3 amide bonds. The highest BCUT2D eigenvalue weighted by atomic mass is 31.2. The lowest BCUT2D eigenvalue weighted by Gasteiger charge is -2.20. The van der Waals surface area contributed by atoms with Gasteiger partial charge in [-0.15, -0.1) is 0 Å². The quantitative estimate of drug-likeness (QED) is 0.0159. The van der Waals surface area contributed by atoms with Gasteiger partial charge in [-0.25, -0.2) is 18.3 Å².